The quantitative estimate of drug-likeness (QED) is 0.877. The van der Waals surface area contributed by atoms with Crippen molar-refractivity contribution in [2.75, 3.05) is 13.1 Å². The van der Waals surface area contributed by atoms with Gasteiger partial charge in [-0.2, -0.15) is 0 Å². The number of piperidine rings is 1. The van der Waals surface area contributed by atoms with Crippen LogP contribution < -0.4 is 5.32 Å². The van der Waals surface area contributed by atoms with E-state index in [-0.39, 0.29) is 17.8 Å². The minimum Gasteiger partial charge on any atom is -0.354 e. The Morgan fingerprint density at radius 2 is 2.00 bits per heavy atom. The standard InChI is InChI=1S/C21H29FN4O/c1-25-17-11-6-9-16(22)20(17)24-19(25)12-13-23-21(27)18-10-4-5-14-26(18)15-7-2-3-8-15/h6,9,11,15,18H,2-5,7-8,10,12-14H2,1H3,(H,23,27). The third-order valence-corrected chi connectivity index (χ3v) is 6.24. The molecule has 1 aliphatic carbocycles. The lowest BCUT2D eigenvalue weighted by molar-refractivity contribution is -0.128. The van der Waals surface area contributed by atoms with E-state index in [0.717, 1.165) is 30.7 Å². The fourth-order valence-corrected chi connectivity index (χ4v) is 4.78. The topological polar surface area (TPSA) is 50.2 Å². The number of rotatable bonds is 5. The van der Waals surface area contributed by atoms with Crippen molar-refractivity contribution in [2.45, 2.75) is 63.5 Å². The van der Waals surface area contributed by atoms with Gasteiger partial charge in [0.15, 0.2) is 5.82 Å². The van der Waals surface area contributed by atoms with Crippen LogP contribution >= 0.6 is 0 Å². The molecule has 1 atom stereocenters. The van der Waals surface area contributed by atoms with Crippen molar-refractivity contribution in [3.05, 3.63) is 29.8 Å². The second kappa shape index (κ2) is 7.97. The van der Waals surface area contributed by atoms with Crippen molar-refractivity contribution in [3.8, 4) is 0 Å². The molecule has 1 aromatic heterocycles. The Hall–Kier alpha value is -1.95. The number of aromatic nitrogens is 2. The first-order chi connectivity index (χ1) is 13.1. The summed E-state index contributed by atoms with van der Waals surface area (Å²) in [6, 6.07) is 5.60. The second-order valence-electron chi connectivity index (χ2n) is 7.92. The van der Waals surface area contributed by atoms with Crippen LogP contribution in [0.1, 0.15) is 50.8 Å². The first-order valence-corrected chi connectivity index (χ1v) is 10.3. The molecule has 0 radical (unpaired) electrons. The van der Waals surface area contributed by atoms with Crippen LogP contribution in [0.5, 0.6) is 0 Å². The van der Waals surface area contributed by atoms with Gasteiger partial charge in [0.25, 0.3) is 0 Å². The molecule has 0 bridgehead atoms. The number of likely N-dealkylation sites (tertiary alicyclic amines) is 1. The molecule has 2 aliphatic rings. The van der Waals surface area contributed by atoms with E-state index < -0.39 is 0 Å². The number of carbonyl (C=O) groups is 1. The van der Waals surface area contributed by atoms with Crippen molar-refractivity contribution in [2.24, 2.45) is 7.05 Å². The summed E-state index contributed by atoms with van der Waals surface area (Å²) in [7, 11) is 1.90. The van der Waals surface area contributed by atoms with Crippen molar-refractivity contribution in [3.63, 3.8) is 0 Å². The van der Waals surface area contributed by atoms with Gasteiger partial charge in [-0.1, -0.05) is 25.3 Å². The van der Waals surface area contributed by atoms with E-state index in [1.165, 1.54) is 38.2 Å². The van der Waals surface area contributed by atoms with E-state index in [9.17, 15) is 9.18 Å². The number of para-hydroxylation sites is 1. The zero-order chi connectivity index (χ0) is 18.8. The normalized spacial score (nSPS) is 21.8. The van der Waals surface area contributed by atoms with Crippen LogP contribution in [0.15, 0.2) is 18.2 Å². The molecule has 5 nitrogen and oxygen atoms in total. The largest absolute Gasteiger partial charge is 0.354 e. The molecular formula is C21H29FN4O. The van der Waals surface area contributed by atoms with Crippen molar-refractivity contribution < 1.29 is 9.18 Å². The molecule has 146 valence electrons. The predicted octanol–water partition coefficient (Wildman–Crippen LogP) is 3.17. The Balaban J connectivity index is 1.37. The summed E-state index contributed by atoms with van der Waals surface area (Å²) in [5, 5.41) is 3.11. The lowest BCUT2D eigenvalue weighted by atomic mass is 9.98. The van der Waals surface area contributed by atoms with E-state index >= 15 is 0 Å². The lowest BCUT2D eigenvalue weighted by Crippen LogP contribution is -2.53. The zero-order valence-electron chi connectivity index (χ0n) is 16.1. The van der Waals surface area contributed by atoms with Crippen LogP contribution in [0.25, 0.3) is 11.0 Å². The van der Waals surface area contributed by atoms with Gasteiger partial charge >= 0.3 is 0 Å². The van der Waals surface area contributed by atoms with Crippen LogP contribution in [0.3, 0.4) is 0 Å². The molecule has 27 heavy (non-hydrogen) atoms. The molecule has 1 aliphatic heterocycles. The van der Waals surface area contributed by atoms with Gasteiger partial charge in [-0.3, -0.25) is 9.69 Å². The van der Waals surface area contributed by atoms with Gasteiger partial charge in [-0.05, 0) is 44.4 Å². The molecule has 1 saturated carbocycles. The summed E-state index contributed by atoms with van der Waals surface area (Å²) in [5.74, 6) is 0.644. The number of fused-ring (bicyclic) bond motifs is 1. The third-order valence-electron chi connectivity index (χ3n) is 6.24. The average molecular weight is 372 g/mol. The first-order valence-electron chi connectivity index (χ1n) is 10.3. The highest BCUT2D eigenvalue weighted by Crippen LogP contribution is 2.29. The maximum Gasteiger partial charge on any atom is 0.237 e. The number of hydrogen-bond donors (Lipinski definition) is 1. The van der Waals surface area contributed by atoms with Crippen molar-refractivity contribution in [1.29, 1.82) is 0 Å². The smallest absolute Gasteiger partial charge is 0.237 e. The fourth-order valence-electron chi connectivity index (χ4n) is 4.78. The second-order valence-corrected chi connectivity index (χ2v) is 7.92. The summed E-state index contributed by atoms with van der Waals surface area (Å²) < 4.78 is 15.8. The maximum atomic E-state index is 13.9. The lowest BCUT2D eigenvalue weighted by Gasteiger charge is -2.38. The van der Waals surface area contributed by atoms with E-state index in [1.807, 2.05) is 17.7 Å². The summed E-state index contributed by atoms with van der Waals surface area (Å²) in [4.78, 5) is 19.7. The Morgan fingerprint density at radius 1 is 1.22 bits per heavy atom. The van der Waals surface area contributed by atoms with Crippen molar-refractivity contribution >= 4 is 16.9 Å². The summed E-state index contributed by atoms with van der Waals surface area (Å²) in [6.07, 6.45) is 8.94. The number of amides is 1. The van der Waals surface area contributed by atoms with Gasteiger partial charge in [0.1, 0.15) is 11.3 Å². The molecule has 4 rings (SSSR count). The van der Waals surface area contributed by atoms with Crippen LogP contribution in [-0.4, -0.2) is 45.5 Å². The Morgan fingerprint density at radius 3 is 2.78 bits per heavy atom. The number of nitrogens with zero attached hydrogens (tertiary/aromatic N) is 3. The van der Waals surface area contributed by atoms with Crippen LogP contribution in [0.2, 0.25) is 0 Å². The van der Waals surface area contributed by atoms with Gasteiger partial charge in [-0.15, -0.1) is 0 Å². The third kappa shape index (κ3) is 3.72. The number of carbonyl (C=O) groups excluding carboxylic acids is 1. The SMILES string of the molecule is Cn1c(CCNC(=O)C2CCCCN2C2CCCC2)nc2c(F)cccc21. The Kier molecular flexibility index (Phi) is 5.43. The van der Waals surface area contributed by atoms with Gasteiger partial charge < -0.3 is 9.88 Å². The van der Waals surface area contributed by atoms with Gasteiger partial charge in [0, 0.05) is 26.1 Å². The highest BCUT2D eigenvalue weighted by Gasteiger charge is 2.34. The molecule has 1 aromatic carbocycles. The number of benzene rings is 1. The van der Waals surface area contributed by atoms with Crippen LogP contribution in [0, 0.1) is 5.82 Å². The minimum atomic E-state index is -0.298. The summed E-state index contributed by atoms with van der Waals surface area (Å²) in [5.41, 5.74) is 1.19. The molecule has 6 heteroatoms. The number of imidazole rings is 1. The molecule has 2 aromatic rings. The van der Waals surface area contributed by atoms with Gasteiger partial charge in [-0.25, -0.2) is 9.37 Å². The van der Waals surface area contributed by atoms with E-state index in [2.05, 4.69) is 15.2 Å². The van der Waals surface area contributed by atoms with Crippen LogP contribution in [-0.2, 0) is 18.3 Å². The molecule has 2 fully saturated rings. The van der Waals surface area contributed by atoms with Gasteiger partial charge in [0.2, 0.25) is 5.91 Å². The molecule has 1 saturated heterocycles. The number of halogens is 1. The molecule has 1 amide bonds. The van der Waals surface area contributed by atoms with E-state index in [4.69, 9.17) is 0 Å². The van der Waals surface area contributed by atoms with Gasteiger partial charge in [0.05, 0.1) is 11.6 Å². The molecular weight excluding hydrogens is 343 g/mol. The molecule has 1 unspecified atom stereocenters. The highest BCUT2D eigenvalue weighted by atomic mass is 19.1. The number of nitrogens with one attached hydrogen (secondary N) is 1. The van der Waals surface area contributed by atoms with Crippen LogP contribution in [0.4, 0.5) is 4.39 Å². The summed E-state index contributed by atoms with van der Waals surface area (Å²) in [6.45, 7) is 1.58. The summed E-state index contributed by atoms with van der Waals surface area (Å²) >= 11 is 0. The highest BCUT2D eigenvalue weighted by molar-refractivity contribution is 5.82. The monoisotopic (exact) mass is 372 g/mol. The number of aryl methyl sites for hydroxylation is 1. The predicted molar refractivity (Wildman–Crippen MR) is 104 cm³/mol. The maximum absolute atomic E-state index is 13.9. The minimum absolute atomic E-state index is 0.0136. The Bertz CT molecular complexity index is 812. The Labute approximate surface area is 159 Å². The number of hydrogen-bond acceptors (Lipinski definition) is 3. The molecule has 1 N–H and O–H groups in total. The fraction of sp³-hybridized carbons (Fsp3) is 0.619. The molecule has 2 heterocycles. The van der Waals surface area contributed by atoms with E-state index in [0.29, 0.717) is 24.5 Å². The average Bonchev–Trinajstić information content (AvgIpc) is 3.32. The van der Waals surface area contributed by atoms with Crippen molar-refractivity contribution in [1.82, 2.24) is 19.8 Å². The zero-order valence-corrected chi connectivity index (χ0v) is 16.1. The molecule has 0 spiro atoms. The first kappa shape index (κ1) is 18.4. The van der Waals surface area contributed by atoms with E-state index in [1.54, 1.807) is 6.07 Å².